The number of rotatable bonds is 9. The number of aldehydes is 1. The average molecular weight is 839 g/mol. The van der Waals surface area contributed by atoms with E-state index < -0.39 is 34.7 Å². The van der Waals surface area contributed by atoms with Crippen molar-refractivity contribution in [1.29, 1.82) is 0 Å². The molecule has 0 bridgehead atoms. The summed E-state index contributed by atoms with van der Waals surface area (Å²) < 4.78 is 67.2. The van der Waals surface area contributed by atoms with Crippen molar-refractivity contribution in [2.24, 2.45) is 11.3 Å². The Morgan fingerprint density at radius 1 is 0.950 bits per heavy atom. The van der Waals surface area contributed by atoms with Crippen LogP contribution in [0, 0.1) is 24.1 Å². The predicted octanol–water partition coefficient (Wildman–Crippen LogP) is 9.70. The second kappa shape index (κ2) is 17.4. The lowest BCUT2D eigenvalue weighted by atomic mass is 9.65. The third-order valence-corrected chi connectivity index (χ3v) is 14.0. The normalized spacial score (nSPS) is 24.0. The number of piperazine rings is 1. The Hall–Kier alpha value is -4.04. The minimum absolute atomic E-state index is 0.102. The van der Waals surface area contributed by atoms with E-state index in [1.54, 1.807) is 21.0 Å². The molecule has 2 aliphatic heterocycles. The molecule has 1 aromatic heterocycles. The molecule has 0 radical (unpaired) electrons. The first-order valence-corrected chi connectivity index (χ1v) is 21.8. The molecule has 1 amide bonds. The number of aryl methyl sites for hydroxylation is 1. The third kappa shape index (κ3) is 9.54. The highest BCUT2D eigenvalue weighted by Gasteiger charge is 2.44. The van der Waals surface area contributed by atoms with Crippen LogP contribution in [0.2, 0.25) is 0 Å². The maximum absolute atomic E-state index is 15.1. The Morgan fingerprint density at radius 2 is 1.62 bits per heavy atom. The van der Waals surface area contributed by atoms with Crippen molar-refractivity contribution in [3.8, 4) is 5.75 Å². The Bertz CT molecular complexity index is 2000. The van der Waals surface area contributed by atoms with Gasteiger partial charge in [-0.15, -0.1) is 0 Å². The first kappa shape index (κ1) is 44.0. The largest absolute Gasteiger partial charge is 0.496 e. The monoisotopic (exact) mass is 838 g/mol. The van der Waals surface area contributed by atoms with Gasteiger partial charge in [0.1, 0.15) is 35.1 Å². The van der Waals surface area contributed by atoms with E-state index in [1.165, 1.54) is 44.1 Å². The molecule has 14 heteroatoms. The van der Waals surface area contributed by atoms with Crippen LogP contribution < -0.4 is 10.1 Å². The quantitative estimate of drug-likeness (QED) is 0.167. The van der Waals surface area contributed by atoms with Gasteiger partial charge in [-0.1, -0.05) is 12.1 Å². The van der Waals surface area contributed by atoms with Gasteiger partial charge in [0.05, 0.1) is 29.8 Å². The molecule has 7 rings (SSSR count). The summed E-state index contributed by atoms with van der Waals surface area (Å²) >= 11 is 0. The van der Waals surface area contributed by atoms with Crippen LogP contribution >= 0.6 is 0 Å². The van der Waals surface area contributed by atoms with Crippen LogP contribution in [0.15, 0.2) is 30.3 Å². The highest BCUT2D eigenvalue weighted by atomic mass is 19.4. The van der Waals surface area contributed by atoms with E-state index in [0.717, 1.165) is 96.0 Å². The molecule has 60 heavy (non-hydrogen) atoms. The van der Waals surface area contributed by atoms with Gasteiger partial charge in [-0.25, -0.2) is 19.2 Å². The molecular weight excluding hydrogens is 777 g/mol. The number of likely N-dealkylation sites (tertiary alicyclic amines) is 1. The van der Waals surface area contributed by atoms with Crippen molar-refractivity contribution in [1.82, 2.24) is 24.7 Å². The van der Waals surface area contributed by atoms with E-state index >= 15 is 4.39 Å². The third-order valence-electron chi connectivity index (χ3n) is 14.0. The number of alkyl halides is 3. The molecule has 4 aliphatic rings. The van der Waals surface area contributed by atoms with Crippen LogP contribution in [0.25, 0.3) is 10.9 Å². The van der Waals surface area contributed by atoms with Gasteiger partial charge in [0, 0.05) is 62.8 Å². The number of nitrogens with one attached hydrogen (secondary N) is 1. The number of piperidine rings is 1. The van der Waals surface area contributed by atoms with Gasteiger partial charge in [-0.05, 0) is 134 Å². The molecule has 3 heterocycles. The first-order valence-electron chi connectivity index (χ1n) is 21.8. The number of halogens is 4. The van der Waals surface area contributed by atoms with E-state index in [2.05, 4.69) is 25.1 Å². The molecule has 1 atom stereocenters. The number of amides is 1. The van der Waals surface area contributed by atoms with Crippen LogP contribution in [0.3, 0.4) is 0 Å². The van der Waals surface area contributed by atoms with Crippen molar-refractivity contribution in [2.75, 3.05) is 58.2 Å². The number of anilines is 1. The number of hydrogen-bond donors (Lipinski definition) is 1. The molecule has 2 aromatic carbocycles. The van der Waals surface area contributed by atoms with Gasteiger partial charge >= 0.3 is 12.3 Å². The van der Waals surface area contributed by atoms with E-state index in [4.69, 9.17) is 9.47 Å². The van der Waals surface area contributed by atoms with Gasteiger partial charge < -0.3 is 29.4 Å². The zero-order valence-electron chi connectivity index (χ0n) is 36.1. The van der Waals surface area contributed by atoms with Crippen LogP contribution in [0.1, 0.15) is 126 Å². The summed E-state index contributed by atoms with van der Waals surface area (Å²) in [5.74, 6) is 0.999. The van der Waals surface area contributed by atoms with Crippen molar-refractivity contribution < 1.29 is 36.6 Å². The second-order valence-corrected chi connectivity index (χ2v) is 19.0. The van der Waals surface area contributed by atoms with E-state index in [0.29, 0.717) is 39.6 Å². The first-order chi connectivity index (χ1) is 28.4. The van der Waals surface area contributed by atoms with Crippen LogP contribution in [0.4, 0.5) is 28.2 Å². The Labute approximate surface area is 351 Å². The summed E-state index contributed by atoms with van der Waals surface area (Å²) in [6.07, 6.45) is 6.18. The topological polar surface area (TPSA) is 100 Å². The van der Waals surface area contributed by atoms with Gasteiger partial charge in [0.2, 0.25) is 0 Å². The molecule has 10 nitrogen and oxygen atoms in total. The summed E-state index contributed by atoms with van der Waals surface area (Å²) in [5, 5.41) is 3.84. The number of nitrogens with zero attached hydrogens (tertiary/aromatic N) is 5. The Morgan fingerprint density at radius 3 is 2.22 bits per heavy atom. The molecule has 3 aromatic rings. The number of ether oxygens (including phenoxy) is 2. The minimum atomic E-state index is -4.81. The summed E-state index contributed by atoms with van der Waals surface area (Å²) in [5.41, 5.74) is -0.499. The van der Waals surface area contributed by atoms with Crippen molar-refractivity contribution >= 4 is 29.1 Å². The lowest BCUT2D eigenvalue weighted by Gasteiger charge is -2.49. The zero-order chi connectivity index (χ0) is 43.0. The van der Waals surface area contributed by atoms with Crippen molar-refractivity contribution in [2.45, 2.75) is 128 Å². The fraction of sp³-hybridized carbons (Fsp3) is 0.652. The number of hydrogen-bond acceptors (Lipinski definition) is 9. The molecule has 2 saturated heterocycles. The molecule has 2 saturated carbocycles. The standard InChI is InChI=1S/C46H62F4N6O4/c1-30(34-8-7-9-37(40(34)47)46(48,49)50)51-41-36-26-35(39(59-6)27-38(36)52-31(2)53-41)33-12-16-45(29-57,17-13-33)56-24-22-54(23-25-56)28-32-10-14-44(15-11-32)18-20-55(21-19-44)42(58)60-43(3,4)5/h7-9,26-27,29-30,32-33H,10-25,28H2,1-6H3,(H,51,52,53)/t30-,33?,45?/m1/s1. The molecular formula is C46H62F4N6O4. The van der Waals surface area contributed by atoms with Gasteiger partial charge in [-0.3, -0.25) is 4.90 Å². The number of aromatic nitrogens is 2. The maximum atomic E-state index is 15.1. The van der Waals surface area contributed by atoms with Crippen LogP contribution in [-0.2, 0) is 15.7 Å². The minimum Gasteiger partial charge on any atom is -0.496 e. The Kier molecular flexibility index (Phi) is 12.8. The summed E-state index contributed by atoms with van der Waals surface area (Å²) in [6, 6.07) is 6.33. The summed E-state index contributed by atoms with van der Waals surface area (Å²) in [7, 11) is 1.62. The lowest BCUT2D eigenvalue weighted by Crippen LogP contribution is -2.59. The number of carbonyl (C=O) groups excluding carboxylic acids is 2. The number of fused-ring (bicyclic) bond motifs is 1. The van der Waals surface area contributed by atoms with Crippen LogP contribution in [0.5, 0.6) is 5.75 Å². The highest BCUT2D eigenvalue weighted by molar-refractivity contribution is 5.91. The average Bonchev–Trinajstić information content (AvgIpc) is 3.21. The smallest absolute Gasteiger partial charge is 0.419 e. The van der Waals surface area contributed by atoms with E-state index in [-0.39, 0.29) is 17.6 Å². The Balaban J connectivity index is 0.946. The molecule has 2 aliphatic carbocycles. The SMILES string of the molecule is COc1cc2nc(C)nc(N[C@H](C)c3cccc(C(F)(F)F)c3F)c2cc1C1CCC(C=O)(N2CCN(CC3CCC4(CC3)CCN(C(=O)OC(C)(C)C)CC4)CC2)CC1. The fourth-order valence-electron chi connectivity index (χ4n) is 10.4. The van der Waals surface area contributed by atoms with E-state index in [1.807, 2.05) is 37.8 Å². The molecule has 328 valence electrons. The molecule has 4 fully saturated rings. The van der Waals surface area contributed by atoms with Gasteiger partial charge in [0.25, 0.3) is 0 Å². The van der Waals surface area contributed by atoms with E-state index in [9.17, 15) is 22.8 Å². The van der Waals surface area contributed by atoms with Gasteiger partial charge in [-0.2, -0.15) is 13.2 Å². The number of methoxy groups -OCH3 is 1. The maximum Gasteiger partial charge on any atom is 0.419 e. The highest BCUT2D eigenvalue weighted by Crippen LogP contribution is 2.48. The molecule has 1 spiro atoms. The van der Waals surface area contributed by atoms with Gasteiger partial charge in [0.15, 0.2) is 0 Å². The molecule has 1 N–H and O–H groups in total. The summed E-state index contributed by atoms with van der Waals surface area (Å²) in [4.78, 5) is 41.7. The zero-order valence-corrected chi connectivity index (χ0v) is 36.1. The van der Waals surface area contributed by atoms with Crippen molar-refractivity contribution in [3.05, 3.63) is 58.7 Å². The number of benzene rings is 2. The van der Waals surface area contributed by atoms with Crippen LogP contribution in [-0.4, -0.2) is 101 Å². The van der Waals surface area contributed by atoms with Crippen molar-refractivity contribution in [3.63, 3.8) is 0 Å². The fourth-order valence-corrected chi connectivity index (χ4v) is 10.4. The second-order valence-electron chi connectivity index (χ2n) is 19.0. The number of carbonyl (C=O) groups is 2. The lowest BCUT2D eigenvalue weighted by molar-refractivity contribution is -0.140. The summed E-state index contributed by atoms with van der Waals surface area (Å²) in [6.45, 7) is 15.3. The predicted molar refractivity (Wildman–Crippen MR) is 224 cm³/mol. The molecule has 0 unspecified atom stereocenters.